The van der Waals surface area contributed by atoms with Gasteiger partial charge in [-0.15, -0.1) is 0 Å². The zero-order valence-corrected chi connectivity index (χ0v) is 14.5. The molecule has 1 rings (SSSR count). The molecule has 114 valence electrons. The molecule has 20 heavy (non-hydrogen) atoms. The van der Waals surface area contributed by atoms with Gasteiger partial charge in [-0.2, -0.15) is 0 Å². The van der Waals surface area contributed by atoms with Crippen molar-refractivity contribution in [2.24, 2.45) is 5.92 Å². The second kappa shape index (κ2) is 10.1. The van der Waals surface area contributed by atoms with Crippen LogP contribution in [0.2, 0.25) is 0 Å². The van der Waals surface area contributed by atoms with Crippen LogP contribution in [0.4, 0.5) is 0 Å². The number of hydrogen-bond acceptors (Lipinski definition) is 2. The van der Waals surface area contributed by atoms with Crippen LogP contribution < -0.4 is 9.47 Å². The average Bonchev–Trinajstić information content (AvgIpc) is 2.48. The van der Waals surface area contributed by atoms with Gasteiger partial charge < -0.3 is 9.47 Å². The fraction of sp³-hybridized carbons (Fsp3) is 0.647. The summed E-state index contributed by atoms with van der Waals surface area (Å²) in [6.45, 7) is 7.92. The van der Waals surface area contributed by atoms with E-state index in [9.17, 15) is 0 Å². The number of hydrogen-bond donors (Lipinski definition) is 0. The second-order valence-electron chi connectivity index (χ2n) is 5.08. The van der Waals surface area contributed by atoms with Crippen molar-refractivity contribution in [2.75, 3.05) is 13.2 Å². The Bertz CT molecular complexity index is 379. The summed E-state index contributed by atoms with van der Waals surface area (Å²) < 4.78 is 11.7. The molecule has 0 radical (unpaired) electrons. The van der Waals surface area contributed by atoms with Crippen LogP contribution in [-0.4, -0.2) is 13.2 Å². The summed E-state index contributed by atoms with van der Waals surface area (Å²) in [6, 6.07) is 6.16. The van der Waals surface area contributed by atoms with Crippen LogP contribution in [0.25, 0.3) is 0 Å². The van der Waals surface area contributed by atoms with E-state index in [0.717, 1.165) is 23.4 Å². The van der Waals surface area contributed by atoms with Gasteiger partial charge in [0.2, 0.25) is 0 Å². The maximum Gasteiger partial charge on any atom is 0.161 e. The normalized spacial score (nSPS) is 12.2. The monoisotopic (exact) mass is 342 g/mol. The van der Waals surface area contributed by atoms with Gasteiger partial charge in [-0.25, -0.2) is 0 Å². The molecule has 0 N–H and O–H groups in total. The van der Waals surface area contributed by atoms with Crippen molar-refractivity contribution < 1.29 is 9.47 Å². The first-order chi connectivity index (χ1) is 9.74. The molecular weight excluding hydrogens is 316 g/mol. The van der Waals surface area contributed by atoms with Crippen molar-refractivity contribution in [1.82, 2.24) is 0 Å². The molecule has 0 aliphatic rings. The van der Waals surface area contributed by atoms with Crippen LogP contribution in [0.1, 0.15) is 52.0 Å². The van der Waals surface area contributed by atoms with E-state index in [0.29, 0.717) is 12.5 Å². The zero-order chi connectivity index (χ0) is 14.8. The molecule has 0 bridgehead atoms. The van der Waals surface area contributed by atoms with Gasteiger partial charge in [-0.05, 0) is 37.0 Å². The Morgan fingerprint density at radius 2 is 1.90 bits per heavy atom. The van der Waals surface area contributed by atoms with Crippen molar-refractivity contribution in [2.45, 2.75) is 51.8 Å². The van der Waals surface area contributed by atoms with Crippen LogP contribution in [0.3, 0.4) is 0 Å². The van der Waals surface area contributed by atoms with E-state index in [1.54, 1.807) is 0 Å². The Kier molecular flexibility index (Phi) is 8.75. The van der Waals surface area contributed by atoms with Crippen molar-refractivity contribution >= 4 is 15.9 Å². The van der Waals surface area contributed by atoms with E-state index in [-0.39, 0.29) is 0 Å². The topological polar surface area (TPSA) is 18.5 Å². The van der Waals surface area contributed by atoms with Gasteiger partial charge in [0, 0.05) is 5.33 Å². The highest BCUT2D eigenvalue weighted by molar-refractivity contribution is 9.08. The van der Waals surface area contributed by atoms with Gasteiger partial charge in [0.1, 0.15) is 0 Å². The smallest absolute Gasteiger partial charge is 0.161 e. The first-order valence-corrected chi connectivity index (χ1v) is 8.81. The fourth-order valence-electron chi connectivity index (χ4n) is 2.13. The van der Waals surface area contributed by atoms with Crippen molar-refractivity contribution in [3.63, 3.8) is 0 Å². The highest BCUT2D eigenvalue weighted by Gasteiger charge is 2.10. The average molecular weight is 343 g/mol. The minimum Gasteiger partial charge on any atom is -0.490 e. The number of ether oxygens (including phenoxy) is 2. The Balaban J connectivity index is 2.65. The van der Waals surface area contributed by atoms with Crippen LogP contribution in [0, 0.1) is 5.92 Å². The van der Waals surface area contributed by atoms with E-state index in [1.807, 2.05) is 13.0 Å². The van der Waals surface area contributed by atoms with E-state index in [4.69, 9.17) is 9.47 Å². The highest BCUT2D eigenvalue weighted by atomic mass is 79.9. The summed E-state index contributed by atoms with van der Waals surface area (Å²) in [5.41, 5.74) is 1.21. The Labute approximate surface area is 132 Å². The maximum absolute atomic E-state index is 6.00. The molecule has 0 aliphatic heterocycles. The number of alkyl halides is 1. The molecule has 1 aromatic rings. The lowest BCUT2D eigenvalue weighted by molar-refractivity contribution is 0.219. The largest absolute Gasteiger partial charge is 0.490 e. The summed E-state index contributed by atoms with van der Waals surface area (Å²) in [5, 5.41) is 0.835. The van der Waals surface area contributed by atoms with E-state index < -0.39 is 0 Å². The molecule has 0 aromatic heterocycles. The predicted octanol–water partition coefficient (Wildman–Crippen LogP) is 5.58. The first kappa shape index (κ1) is 17.4. The Morgan fingerprint density at radius 1 is 1.10 bits per heavy atom. The van der Waals surface area contributed by atoms with Gasteiger partial charge in [0.15, 0.2) is 11.5 Å². The summed E-state index contributed by atoms with van der Waals surface area (Å²) in [7, 11) is 0. The molecule has 0 amide bonds. The summed E-state index contributed by atoms with van der Waals surface area (Å²) in [6.07, 6.45) is 4.95. The molecule has 1 aromatic carbocycles. The molecule has 0 saturated heterocycles. The Hall–Kier alpha value is -0.700. The summed E-state index contributed by atoms with van der Waals surface area (Å²) >= 11 is 3.47. The summed E-state index contributed by atoms with van der Waals surface area (Å²) in [5.74, 6) is 2.36. The van der Waals surface area contributed by atoms with Crippen molar-refractivity contribution in [3.8, 4) is 11.5 Å². The predicted molar refractivity (Wildman–Crippen MR) is 89.0 cm³/mol. The number of benzene rings is 1. The summed E-state index contributed by atoms with van der Waals surface area (Å²) in [4.78, 5) is 0. The SMILES string of the molecule is CCCCC(CC)COc1ccc(CBr)cc1OCC. The van der Waals surface area contributed by atoms with Gasteiger partial charge >= 0.3 is 0 Å². The molecule has 0 spiro atoms. The van der Waals surface area contributed by atoms with Crippen molar-refractivity contribution in [3.05, 3.63) is 23.8 Å². The fourth-order valence-corrected chi connectivity index (χ4v) is 2.48. The molecule has 1 unspecified atom stereocenters. The van der Waals surface area contributed by atoms with Crippen LogP contribution >= 0.6 is 15.9 Å². The van der Waals surface area contributed by atoms with Crippen LogP contribution in [0.5, 0.6) is 11.5 Å². The minimum atomic E-state index is 0.639. The van der Waals surface area contributed by atoms with Gasteiger partial charge in [-0.3, -0.25) is 0 Å². The third-order valence-electron chi connectivity index (χ3n) is 3.48. The third-order valence-corrected chi connectivity index (χ3v) is 4.13. The van der Waals surface area contributed by atoms with E-state index in [1.165, 1.54) is 31.2 Å². The maximum atomic E-state index is 6.00. The molecule has 1 atom stereocenters. The molecule has 0 aliphatic carbocycles. The number of unbranched alkanes of at least 4 members (excludes halogenated alkanes) is 1. The highest BCUT2D eigenvalue weighted by Crippen LogP contribution is 2.30. The van der Waals surface area contributed by atoms with E-state index >= 15 is 0 Å². The van der Waals surface area contributed by atoms with E-state index in [2.05, 4.69) is 41.9 Å². The van der Waals surface area contributed by atoms with Crippen LogP contribution in [0.15, 0.2) is 18.2 Å². The number of rotatable bonds is 10. The van der Waals surface area contributed by atoms with Gasteiger partial charge in [0.05, 0.1) is 13.2 Å². The Morgan fingerprint density at radius 3 is 2.50 bits per heavy atom. The lowest BCUT2D eigenvalue weighted by Gasteiger charge is -2.18. The minimum absolute atomic E-state index is 0.639. The lowest BCUT2D eigenvalue weighted by atomic mass is 10.0. The molecule has 0 heterocycles. The molecule has 0 saturated carbocycles. The van der Waals surface area contributed by atoms with Gasteiger partial charge in [0.25, 0.3) is 0 Å². The van der Waals surface area contributed by atoms with Crippen molar-refractivity contribution in [1.29, 1.82) is 0 Å². The third kappa shape index (κ3) is 5.74. The van der Waals surface area contributed by atoms with Gasteiger partial charge in [-0.1, -0.05) is 55.1 Å². The molecule has 0 fully saturated rings. The van der Waals surface area contributed by atoms with Crippen LogP contribution in [-0.2, 0) is 5.33 Å². The quantitative estimate of drug-likeness (QED) is 0.517. The standard InChI is InChI=1S/C17H27BrO2/c1-4-7-8-14(5-2)13-20-16-10-9-15(12-18)11-17(16)19-6-3/h9-11,14H,4-8,12-13H2,1-3H3. The first-order valence-electron chi connectivity index (χ1n) is 7.69. The lowest BCUT2D eigenvalue weighted by Crippen LogP contribution is -2.12. The zero-order valence-electron chi connectivity index (χ0n) is 13.0. The molecular formula is C17H27BrO2. The molecule has 2 nitrogen and oxygen atoms in total. The number of halogens is 1. The molecule has 3 heteroatoms. The second-order valence-corrected chi connectivity index (χ2v) is 5.64.